The predicted octanol–water partition coefficient (Wildman–Crippen LogP) is 4.85. The van der Waals surface area contributed by atoms with E-state index in [4.69, 9.17) is 9.15 Å². The van der Waals surface area contributed by atoms with Gasteiger partial charge in [0.2, 0.25) is 5.91 Å². The summed E-state index contributed by atoms with van der Waals surface area (Å²) in [5.74, 6) is -1.51. The lowest BCUT2D eigenvalue weighted by Crippen LogP contribution is -2.30. The van der Waals surface area contributed by atoms with Crippen LogP contribution in [0.1, 0.15) is 24.7 Å². The van der Waals surface area contributed by atoms with Crippen molar-refractivity contribution in [2.75, 3.05) is 11.9 Å². The molecule has 138 valence electrons. The van der Waals surface area contributed by atoms with Crippen LogP contribution in [-0.2, 0) is 15.1 Å². The molecule has 1 atom stereocenters. The van der Waals surface area contributed by atoms with E-state index in [-0.39, 0.29) is 12.5 Å². The molecule has 3 aromatic rings. The Bertz CT molecular complexity index is 1000. The molecule has 6 heteroatoms. The Labute approximate surface area is 154 Å². The Balaban J connectivity index is 1.92. The maximum absolute atomic E-state index is 13.7. The van der Waals surface area contributed by atoms with Crippen molar-refractivity contribution >= 4 is 11.6 Å². The highest BCUT2D eigenvalue weighted by molar-refractivity contribution is 5.94. The van der Waals surface area contributed by atoms with Gasteiger partial charge in [-0.05, 0) is 53.9 Å². The number of hydrogen-bond acceptors (Lipinski definition) is 3. The first-order valence-electron chi connectivity index (χ1n) is 8.61. The zero-order chi connectivity index (χ0) is 19.0. The van der Waals surface area contributed by atoms with E-state index in [1.165, 1.54) is 6.07 Å². The van der Waals surface area contributed by atoms with Crippen LogP contribution in [0.25, 0.3) is 11.1 Å². The van der Waals surface area contributed by atoms with Crippen LogP contribution >= 0.6 is 0 Å². The molecule has 2 heterocycles. The summed E-state index contributed by atoms with van der Waals surface area (Å²) >= 11 is 0. The SMILES string of the molecule is CCC1(c2ccco2)OCC(=O)Nc2ccc(-c3ccc(F)c(F)c3)cc21. The number of furan rings is 1. The van der Waals surface area contributed by atoms with E-state index in [0.29, 0.717) is 34.6 Å². The number of carbonyl (C=O) groups is 1. The fourth-order valence-electron chi connectivity index (χ4n) is 3.47. The number of anilines is 1. The van der Waals surface area contributed by atoms with E-state index in [1.54, 1.807) is 30.5 Å². The lowest BCUT2D eigenvalue weighted by atomic mass is 9.85. The Morgan fingerprint density at radius 1 is 1.07 bits per heavy atom. The van der Waals surface area contributed by atoms with Crippen molar-refractivity contribution in [2.45, 2.75) is 18.9 Å². The van der Waals surface area contributed by atoms with Crippen LogP contribution in [0, 0.1) is 11.6 Å². The lowest BCUT2D eigenvalue weighted by Gasteiger charge is -2.31. The Kier molecular flexibility index (Phi) is 4.28. The second-order valence-electron chi connectivity index (χ2n) is 6.38. The summed E-state index contributed by atoms with van der Waals surface area (Å²) < 4.78 is 38.6. The van der Waals surface area contributed by atoms with Gasteiger partial charge in [-0.1, -0.05) is 19.1 Å². The molecule has 0 aliphatic carbocycles. The van der Waals surface area contributed by atoms with Crippen molar-refractivity contribution in [1.29, 1.82) is 0 Å². The first-order chi connectivity index (χ1) is 13.0. The van der Waals surface area contributed by atoms with Crippen molar-refractivity contribution in [2.24, 2.45) is 0 Å². The molecule has 1 aliphatic rings. The highest BCUT2D eigenvalue weighted by Gasteiger charge is 2.41. The standard InChI is InChI=1S/C21H17F2NO3/c1-2-21(19-4-3-9-26-19)15-10-13(14-5-7-16(22)17(23)11-14)6-8-18(15)24-20(25)12-27-21/h3-11H,2,12H2,1H3,(H,24,25). The van der Waals surface area contributed by atoms with Crippen LogP contribution in [0.2, 0.25) is 0 Å². The predicted molar refractivity (Wildman–Crippen MR) is 96.2 cm³/mol. The van der Waals surface area contributed by atoms with Crippen LogP contribution in [0.5, 0.6) is 0 Å². The van der Waals surface area contributed by atoms with Gasteiger partial charge in [0, 0.05) is 11.3 Å². The van der Waals surface area contributed by atoms with Crippen molar-refractivity contribution in [3.63, 3.8) is 0 Å². The molecule has 27 heavy (non-hydrogen) atoms. The molecule has 4 nitrogen and oxygen atoms in total. The normalized spacial score (nSPS) is 19.3. The molecule has 0 spiro atoms. The van der Waals surface area contributed by atoms with Crippen LogP contribution in [0.3, 0.4) is 0 Å². The zero-order valence-corrected chi connectivity index (χ0v) is 14.6. The third-order valence-electron chi connectivity index (χ3n) is 4.85. The van der Waals surface area contributed by atoms with Gasteiger partial charge in [0.25, 0.3) is 0 Å². The number of rotatable bonds is 3. The minimum atomic E-state index is -0.966. The number of hydrogen-bond donors (Lipinski definition) is 1. The van der Waals surface area contributed by atoms with Gasteiger partial charge in [0.1, 0.15) is 12.4 Å². The quantitative estimate of drug-likeness (QED) is 0.718. The molecule has 4 rings (SSSR count). The number of carbonyl (C=O) groups excluding carboxylic acids is 1. The average Bonchev–Trinajstić information content (AvgIpc) is 3.16. The van der Waals surface area contributed by atoms with Crippen molar-refractivity contribution < 1.29 is 22.7 Å². The van der Waals surface area contributed by atoms with Crippen molar-refractivity contribution in [3.05, 3.63) is 77.8 Å². The minimum absolute atomic E-state index is 0.121. The minimum Gasteiger partial charge on any atom is -0.466 e. The molecular weight excluding hydrogens is 352 g/mol. The lowest BCUT2D eigenvalue weighted by molar-refractivity contribution is -0.126. The number of halogens is 2. The third-order valence-corrected chi connectivity index (χ3v) is 4.85. The zero-order valence-electron chi connectivity index (χ0n) is 14.6. The van der Waals surface area contributed by atoms with Gasteiger partial charge in [0.15, 0.2) is 17.2 Å². The molecule has 1 unspecified atom stereocenters. The molecule has 1 amide bonds. The summed E-state index contributed by atoms with van der Waals surface area (Å²) in [5.41, 5.74) is 1.54. The first-order valence-corrected chi connectivity index (χ1v) is 8.61. The molecule has 0 saturated heterocycles. The smallest absolute Gasteiger partial charge is 0.250 e. The van der Waals surface area contributed by atoms with Crippen LogP contribution in [-0.4, -0.2) is 12.5 Å². The van der Waals surface area contributed by atoms with Gasteiger partial charge in [-0.2, -0.15) is 0 Å². The molecule has 0 radical (unpaired) electrons. The van der Waals surface area contributed by atoms with Gasteiger partial charge in [-0.3, -0.25) is 4.79 Å². The summed E-state index contributed by atoms with van der Waals surface area (Å²) in [6, 6.07) is 12.6. The van der Waals surface area contributed by atoms with Crippen molar-refractivity contribution in [3.8, 4) is 11.1 Å². The molecule has 0 saturated carbocycles. The van der Waals surface area contributed by atoms with Crippen LogP contribution in [0.15, 0.2) is 59.2 Å². The van der Waals surface area contributed by atoms with Gasteiger partial charge in [-0.15, -0.1) is 0 Å². The highest BCUT2D eigenvalue weighted by atomic mass is 19.2. The van der Waals surface area contributed by atoms with E-state index >= 15 is 0 Å². The number of nitrogens with one attached hydrogen (secondary N) is 1. The van der Waals surface area contributed by atoms with Crippen LogP contribution in [0.4, 0.5) is 14.5 Å². The largest absolute Gasteiger partial charge is 0.466 e. The first kappa shape index (κ1) is 17.4. The molecule has 0 bridgehead atoms. The summed E-state index contributed by atoms with van der Waals surface area (Å²) in [6.07, 6.45) is 2.07. The molecule has 1 N–H and O–H groups in total. The second-order valence-corrected chi connectivity index (χ2v) is 6.38. The molecule has 2 aromatic carbocycles. The summed E-state index contributed by atoms with van der Waals surface area (Å²) in [6.45, 7) is 1.82. The van der Waals surface area contributed by atoms with E-state index < -0.39 is 17.2 Å². The number of amides is 1. The highest BCUT2D eigenvalue weighted by Crippen LogP contribution is 2.44. The van der Waals surface area contributed by atoms with Gasteiger partial charge in [-0.25, -0.2) is 8.78 Å². The molecular formula is C21H17F2NO3. The molecule has 0 fully saturated rings. The Hall–Kier alpha value is -2.99. The average molecular weight is 369 g/mol. The summed E-state index contributed by atoms with van der Waals surface area (Å²) in [4.78, 5) is 12.1. The fourth-order valence-corrected chi connectivity index (χ4v) is 3.47. The molecule has 1 aliphatic heterocycles. The number of fused-ring (bicyclic) bond motifs is 1. The second kappa shape index (κ2) is 6.63. The van der Waals surface area contributed by atoms with E-state index in [1.807, 2.05) is 13.0 Å². The summed E-state index contributed by atoms with van der Waals surface area (Å²) in [5, 5.41) is 2.83. The van der Waals surface area contributed by atoms with Gasteiger partial charge >= 0.3 is 0 Å². The maximum atomic E-state index is 13.7. The topological polar surface area (TPSA) is 51.5 Å². The van der Waals surface area contributed by atoms with E-state index in [9.17, 15) is 13.6 Å². The van der Waals surface area contributed by atoms with E-state index in [2.05, 4.69) is 5.32 Å². The third kappa shape index (κ3) is 2.92. The molecule has 1 aromatic heterocycles. The van der Waals surface area contributed by atoms with Crippen molar-refractivity contribution in [1.82, 2.24) is 0 Å². The van der Waals surface area contributed by atoms with Crippen LogP contribution < -0.4 is 5.32 Å². The summed E-state index contributed by atoms with van der Waals surface area (Å²) in [7, 11) is 0. The Morgan fingerprint density at radius 2 is 1.85 bits per heavy atom. The fraction of sp³-hybridized carbons (Fsp3) is 0.190. The van der Waals surface area contributed by atoms with E-state index in [0.717, 1.165) is 12.1 Å². The number of benzene rings is 2. The van der Waals surface area contributed by atoms with Gasteiger partial charge < -0.3 is 14.5 Å². The monoisotopic (exact) mass is 369 g/mol. The maximum Gasteiger partial charge on any atom is 0.250 e. The van der Waals surface area contributed by atoms with Gasteiger partial charge in [0.05, 0.1) is 6.26 Å². The number of ether oxygens (including phenoxy) is 1. The Morgan fingerprint density at radius 3 is 2.56 bits per heavy atom.